The minimum atomic E-state index is -4.91. The van der Waals surface area contributed by atoms with E-state index in [4.69, 9.17) is 20.4 Å². The molecule has 0 aliphatic heterocycles. The summed E-state index contributed by atoms with van der Waals surface area (Å²) in [4.78, 5) is -1.16. The molecule has 0 radical (unpaired) electrons. The summed E-state index contributed by atoms with van der Waals surface area (Å²) in [7, 11) is -9.37. The summed E-state index contributed by atoms with van der Waals surface area (Å²) in [5, 5.41) is 42.4. The Labute approximate surface area is 264 Å². The molecule has 0 saturated carbocycles. The molecule has 0 aliphatic carbocycles. The van der Waals surface area contributed by atoms with Crippen molar-refractivity contribution in [2.24, 2.45) is 20.5 Å². The van der Waals surface area contributed by atoms with Crippen LogP contribution in [0.3, 0.4) is 0 Å². The van der Waals surface area contributed by atoms with Crippen LogP contribution >= 0.6 is 24.4 Å². The molecule has 0 atom stereocenters. The fourth-order valence-corrected chi connectivity index (χ4v) is 5.06. The van der Waals surface area contributed by atoms with Gasteiger partial charge >= 0.3 is 0 Å². The highest BCUT2D eigenvalue weighted by Crippen LogP contribution is 2.45. The number of nitrogens with zero attached hydrogens (tertiary/aromatic N) is 4. The van der Waals surface area contributed by atoms with Crippen molar-refractivity contribution in [1.82, 2.24) is 0 Å². The second kappa shape index (κ2) is 17.4. The summed E-state index contributed by atoms with van der Waals surface area (Å²) in [6.07, 6.45) is 1.25. The van der Waals surface area contributed by atoms with Crippen LogP contribution < -0.4 is 11.1 Å². The average Bonchev–Trinajstić information content (AvgIpc) is 3.00. The molecule has 23 heteroatoms. The Hall–Kier alpha value is -3.30. The SMILES string of the molecule is Nc1c(S(=O)(=O)O)cc(N=Nc2ccc(CCCOSOOO)cc2)c(NCSOOO)c1N=Nc1ccc(S(=O)(=O)O)cc1. The average molecular weight is 709 g/mol. The van der Waals surface area contributed by atoms with Crippen molar-refractivity contribution < 1.29 is 59.4 Å². The largest absolute Gasteiger partial charge is 0.396 e. The van der Waals surface area contributed by atoms with Gasteiger partial charge in [0.25, 0.3) is 20.2 Å². The highest BCUT2D eigenvalue weighted by Gasteiger charge is 2.24. The van der Waals surface area contributed by atoms with E-state index in [0.717, 1.165) is 23.8 Å². The Morgan fingerprint density at radius 2 is 1.44 bits per heavy atom. The number of hydrogen-bond acceptors (Lipinski definition) is 19. The summed E-state index contributed by atoms with van der Waals surface area (Å²) in [6, 6.07) is 12.3. The summed E-state index contributed by atoms with van der Waals surface area (Å²) in [6.45, 7) is 0.307. The molecule has 45 heavy (non-hydrogen) atoms. The number of benzene rings is 3. The quantitative estimate of drug-likeness (QED) is 0.0130. The Balaban J connectivity index is 1.96. The summed E-state index contributed by atoms with van der Waals surface area (Å²) < 4.78 is 79.4. The highest BCUT2D eigenvalue weighted by molar-refractivity contribution is 7.94. The number of anilines is 2. The molecule has 0 amide bonds. The zero-order valence-electron chi connectivity index (χ0n) is 22.5. The Morgan fingerprint density at radius 1 is 0.822 bits per heavy atom. The van der Waals surface area contributed by atoms with Crippen LogP contribution in [-0.4, -0.2) is 48.9 Å². The number of nitrogens with two attached hydrogens (primary N) is 1. The summed E-state index contributed by atoms with van der Waals surface area (Å²) in [5.41, 5.74) is 6.41. The topological polar surface area (TPSA) is 283 Å². The summed E-state index contributed by atoms with van der Waals surface area (Å²) >= 11 is 1.05. The normalized spacial score (nSPS) is 12.4. The van der Waals surface area contributed by atoms with E-state index in [1.54, 1.807) is 24.3 Å². The van der Waals surface area contributed by atoms with Crippen LogP contribution in [0.5, 0.6) is 0 Å². The molecule has 3 aromatic rings. The van der Waals surface area contributed by atoms with Crippen molar-refractivity contribution in [1.29, 1.82) is 0 Å². The van der Waals surface area contributed by atoms with Crippen LogP contribution in [0.15, 0.2) is 84.8 Å². The molecule has 19 nitrogen and oxygen atoms in total. The molecule has 0 aromatic heterocycles. The standard InChI is InChI=1S/C22H24N6O13S4/c23-20-19(45(34,35)36)12-18(27-25-15-5-3-14(4-6-15)2-1-11-37-43-41-39-30)21(24-13-42-40-38-29)22(20)28-26-16-7-9-17(10-8-16)44(31,32)33/h3-10,12,24,29-30H,1-2,11,13,23H2,(H,31,32,33)(H,34,35,36). The van der Waals surface area contributed by atoms with Crippen LogP contribution in [0, 0.1) is 0 Å². The lowest BCUT2D eigenvalue weighted by Gasteiger charge is -2.14. The number of nitrogen functional groups attached to an aromatic ring is 1. The number of nitrogens with one attached hydrogen (secondary N) is 1. The van der Waals surface area contributed by atoms with Gasteiger partial charge in [0, 0.05) is 0 Å². The van der Waals surface area contributed by atoms with E-state index < -0.39 is 35.7 Å². The van der Waals surface area contributed by atoms with Crippen molar-refractivity contribution in [3.63, 3.8) is 0 Å². The second-order valence-electron chi connectivity index (χ2n) is 8.26. The Kier molecular flexibility index (Phi) is 14.0. The fraction of sp³-hybridized carbons (Fsp3) is 0.182. The van der Waals surface area contributed by atoms with Crippen LogP contribution in [0.2, 0.25) is 0 Å². The maximum Gasteiger partial charge on any atom is 0.296 e. The van der Waals surface area contributed by atoms with E-state index >= 15 is 0 Å². The molecule has 0 unspecified atom stereocenters. The van der Waals surface area contributed by atoms with Crippen molar-refractivity contribution in [2.75, 3.05) is 23.5 Å². The van der Waals surface area contributed by atoms with Gasteiger partial charge in [0.05, 0.1) is 52.2 Å². The molecule has 0 heterocycles. The lowest BCUT2D eigenvalue weighted by molar-refractivity contribution is -0.434. The van der Waals surface area contributed by atoms with Gasteiger partial charge in [-0.1, -0.05) is 22.2 Å². The Bertz CT molecular complexity index is 1690. The maximum atomic E-state index is 12.2. The lowest BCUT2D eigenvalue weighted by atomic mass is 10.1. The maximum absolute atomic E-state index is 12.2. The monoisotopic (exact) mass is 708 g/mol. The number of azo groups is 2. The summed E-state index contributed by atoms with van der Waals surface area (Å²) in [5.74, 6) is -0.143. The minimum absolute atomic E-state index is 0.0268. The zero-order valence-corrected chi connectivity index (χ0v) is 25.8. The zero-order chi connectivity index (χ0) is 32.9. The van der Waals surface area contributed by atoms with Gasteiger partial charge in [-0.05, 0) is 60.9 Å². The molecule has 244 valence electrons. The second-order valence-corrected chi connectivity index (χ2v) is 12.2. The molecule has 0 spiro atoms. The van der Waals surface area contributed by atoms with Crippen molar-refractivity contribution >= 4 is 78.7 Å². The van der Waals surface area contributed by atoms with E-state index in [1.807, 2.05) is 0 Å². The first kappa shape index (κ1) is 36.2. The predicted molar refractivity (Wildman–Crippen MR) is 159 cm³/mol. The molecule has 0 fully saturated rings. The predicted octanol–water partition coefficient (Wildman–Crippen LogP) is 5.97. The first-order chi connectivity index (χ1) is 21.4. The fourth-order valence-electron chi connectivity index (χ4n) is 3.40. The molecule has 0 saturated heterocycles. The van der Waals surface area contributed by atoms with E-state index in [1.165, 1.54) is 12.1 Å². The van der Waals surface area contributed by atoms with Crippen molar-refractivity contribution in [3.05, 3.63) is 60.2 Å². The molecule has 0 bridgehead atoms. The van der Waals surface area contributed by atoms with Gasteiger partial charge in [-0.2, -0.15) is 27.1 Å². The number of aryl methyl sites for hydroxylation is 1. The van der Waals surface area contributed by atoms with Crippen molar-refractivity contribution in [2.45, 2.75) is 22.6 Å². The molecule has 0 aliphatic rings. The van der Waals surface area contributed by atoms with Crippen LogP contribution in [0.25, 0.3) is 0 Å². The smallest absolute Gasteiger partial charge is 0.296 e. The van der Waals surface area contributed by atoms with Gasteiger partial charge in [-0.3, -0.25) is 13.3 Å². The third-order valence-corrected chi connectivity index (χ3v) is 7.91. The van der Waals surface area contributed by atoms with Gasteiger partial charge in [-0.25, -0.2) is 10.5 Å². The third-order valence-electron chi connectivity index (χ3n) is 5.35. The van der Waals surface area contributed by atoms with Gasteiger partial charge in [0.2, 0.25) is 0 Å². The van der Waals surface area contributed by atoms with E-state index in [2.05, 4.69) is 44.5 Å². The van der Waals surface area contributed by atoms with Gasteiger partial charge in [0.15, 0.2) is 12.3 Å². The molecular formula is C22H24N6O13S4. The Morgan fingerprint density at radius 3 is 2.04 bits per heavy atom. The first-order valence-corrected chi connectivity index (χ1v) is 16.4. The third kappa shape index (κ3) is 11.5. The number of hydrogen-bond donors (Lipinski definition) is 6. The highest BCUT2D eigenvalue weighted by atomic mass is 32.2. The van der Waals surface area contributed by atoms with Crippen LogP contribution in [0.4, 0.5) is 34.1 Å². The van der Waals surface area contributed by atoms with Crippen molar-refractivity contribution in [3.8, 4) is 0 Å². The first-order valence-electron chi connectivity index (χ1n) is 12.0. The van der Waals surface area contributed by atoms with Gasteiger partial charge in [0.1, 0.15) is 16.3 Å². The van der Waals surface area contributed by atoms with Crippen LogP contribution in [-0.2, 0) is 49.6 Å². The molecule has 3 rings (SSSR count). The van der Waals surface area contributed by atoms with Gasteiger partial charge < -0.3 is 11.1 Å². The van der Waals surface area contributed by atoms with E-state index in [-0.39, 0.29) is 28.6 Å². The molecular weight excluding hydrogens is 685 g/mol. The minimum Gasteiger partial charge on any atom is -0.396 e. The molecule has 3 aromatic carbocycles. The van der Waals surface area contributed by atoms with E-state index in [9.17, 15) is 25.9 Å². The van der Waals surface area contributed by atoms with Crippen LogP contribution in [0.1, 0.15) is 12.0 Å². The van der Waals surface area contributed by atoms with Gasteiger partial charge in [-0.15, -0.1) is 18.9 Å². The molecule has 7 N–H and O–H groups in total. The van der Waals surface area contributed by atoms with E-state index in [0.29, 0.717) is 49.5 Å². The number of rotatable bonds is 18. The lowest BCUT2D eigenvalue weighted by Crippen LogP contribution is -2.06.